The molecule has 1 aromatic carbocycles. The van der Waals surface area contributed by atoms with Gasteiger partial charge in [-0.3, -0.25) is 9.69 Å². The number of likely N-dealkylation sites (N-methyl/N-ethyl adjacent to an activating group) is 1. The number of nitrogens with zero attached hydrogens (tertiary/aromatic N) is 2. The van der Waals surface area contributed by atoms with Gasteiger partial charge in [0.15, 0.2) is 0 Å². The van der Waals surface area contributed by atoms with Gasteiger partial charge in [-0.2, -0.15) is 0 Å². The summed E-state index contributed by atoms with van der Waals surface area (Å²) in [7, 11) is 2.24. The molecule has 2 heterocycles. The Morgan fingerprint density at radius 2 is 2.05 bits per heavy atom. The molecule has 0 radical (unpaired) electrons. The molecule has 3 rings (SSSR count). The van der Waals surface area contributed by atoms with Crippen LogP contribution in [0.15, 0.2) is 18.2 Å². The van der Waals surface area contributed by atoms with E-state index >= 15 is 0 Å². The summed E-state index contributed by atoms with van der Waals surface area (Å²) >= 11 is 6.32. The molecule has 102 valence electrons. The Bertz CT molecular complexity index is 491. The number of rotatable bonds is 2. The van der Waals surface area contributed by atoms with E-state index in [1.165, 1.54) is 19.3 Å². The zero-order valence-electron chi connectivity index (χ0n) is 11.2. The fourth-order valence-corrected chi connectivity index (χ4v) is 3.69. The maximum Gasteiger partial charge on any atom is 0.150 e. The quantitative estimate of drug-likeness (QED) is 0.777. The second-order valence-corrected chi connectivity index (χ2v) is 6.02. The van der Waals surface area contributed by atoms with Crippen molar-refractivity contribution in [2.75, 3.05) is 25.0 Å². The van der Waals surface area contributed by atoms with E-state index in [1.54, 1.807) is 6.07 Å². The van der Waals surface area contributed by atoms with Crippen molar-refractivity contribution in [2.45, 2.75) is 31.3 Å². The van der Waals surface area contributed by atoms with Crippen LogP contribution in [-0.2, 0) is 0 Å². The predicted molar refractivity (Wildman–Crippen MR) is 78.2 cm³/mol. The van der Waals surface area contributed by atoms with E-state index < -0.39 is 0 Å². The molecule has 2 aliphatic heterocycles. The highest BCUT2D eigenvalue weighted by atomic mass is 35.5. The Morgan fingerprint density at radius 3 is 2.79 bits per heavy atom. The number of hydrogen-bond acceptors (Lipinski definition) is 3. The molecule has 3 nitrogen and oxygen atoms in total. The molecule has 1 aromatic rings. The first-order valence-electron chi connectivity index (χ1n) is 6.90. The zero-order valence-corrected chi connectivity index (χ0v) is 11.9. The molecule has 0 spiro atoms. The smallest absolute Gasteiger partial charge is 0.150 e. The second-order valence-electron chi connectivity index (χ2n) is 5.61. The molecule has 0 aliphatic carbocycles. The van der Waals surface area contributed by atoms with Gasteiger partial charge in [-0.15, -0.1) is 0 Å². The van der Waals surface area contributed by atoms with Crippen LogP contribution in [0.4, 0.5) is 5.69 Å². The summed E-state index contributed by atoms with van der Waals surface area (Å²) in [5.74, 6) is 0. The summed E-state index contributed by atoms with van der Waals surface area (Å²) < 4.78 is 0. The van der Waals surface area contributed by atoms with Gasteiger partial charge in [-0.25, -0.2) is 0 Å². The summed E-state index contributed by atoms with van der Waals surface area (Å²) in [6, 6.07) is 6.94. The van der Waals surface area contributed by atoms with Crippen molar-refractivity contribution in [3.8, 4) is 0 Å². The molecule has 2 unspecified atom stereocenters. The number of aldehydes is 1. The average Bonchev–Trinajstić information content (AvgIpc) is 2.64. The number of fused-ring (bicyclic) bond motifs is 2. The molecule has 19 heavy (non-hydrogen) atoms. The minimum absolute atomic E-state index is 0.634. The Hall–Kier alpha value is -1.06. The van der Waals surface area contributed by atoms with Crippen LogP contribution in [0.5, 0.6) is 0 Å². The molecule has 0 saturated carbocycles. The maximum atomic E-state index is 10.8. The first-order chi connectivity index (χ1) is 9.19. The van der Waals surface area contributed by atoms with Gasteiger partial charge >= 0.3 is 0 Å². The number of anilines is 1. The third-order valence-electron chi connectivity index (χ3n) is 4.60. The van der Waals surface area contributed by atoms with Crippen molar-refractivity contribution < 1.29 is 4.79 Å². The highest BCUT2D eigenvalue weighted by molar-refractivity contribution is 6.33. The van der Waals surface area contributed by atoms with Crippen LogP contribution in [0.3, 0.4) is 0 Å². The van der Waals surface area contributed by atoms with Crippen molar-refractivity contribution in [3.05, 3.63) is 28.8 Å². The van der Waals surface area contributed by atoms with Crippen molar-refractivity contribution >= 4 is 23.6 Å². The van der Waals surface area contributed by atoms with E-state index in [9.17, 15) is 4.79 Å². The Balaban J connectivity index is 1.84. The maximum absolute atomic E-state index is 10.8. The highest BCUT2D eigenvalue weighted by Crippen LogP contribution is 2.33. The lowest BCUT2D eigenvalue weighted by Crippen LogP contribution is -2.36. The van der Waals surface area contributed by atoms with Gasteiger partial charge in [0.25, 0.3) is 0 Å². The summed E-state index contributed by atoms with van der Waals surface area (Å²) in [5, 5.41) is 0.685. The standard InChI is InChI=1S/C15H19ClN2O/c1-17-12-3-4-13(17)9-18(7-6-12)15-5-2-11(10-19)8-14(15)16/h2,5,8,10,12-13H,3-4,6-7,9H2,1H3. The number of hydrogen-bond donors (Lipinski definition) is 0. The van der Waals surface area contributed by atoms with Crippen molar-refractivity contribution in [2.24, 2.45) is 0 Å². The van der Waals surface area contributed by atoms with Crippen LogP contribution in [0.25, 0.3) is 0 Å². The van der Waals surface area contributed by atoms with Gasteiger partial charge < -0.3 is 4.90 Å². The Morgan fingerprint density at radius 1 is 1.26 bits per heavy atom. The van der Waals surface area contributed by atoms with Crippen molar-refractivity contribution in [3.63, 3.8) is 0 Å². The van der Waals surface area contributed by atoms with Gasteiger partial charge in [-0.05, 0) is 44.5 Å². The lowest BCUT2D eigenvalue weighted by Gasteiger charge is -2.28. The summed E-state index contributed by atoms with van der Waals surface area (Å²) in [5.41, 5.74) is 1.70. The van der Waals surface area contributed by atoms with Gasteiger partial charge in [-0.1, -0.05) is 11.6 Å². The van der Waals surface area contributed by atoms with Crippen LogP contribution in [-0.4, -0.2) is 43.4 Å². The SMILES string of the molecule is CN1C2CCC1CN(c1ccc(C=O)cc1Cl)CC2. The first kappa shape index (κ1) is 12.9. The predicted octanol–water partition coefficient (Wildman–Crippen LogP) is 2.83. The molecule has 0 aromatic heterocycles. The molecule has 2 aliphatic rings. The molecular weight excluding hydrogens is 260 g/mol. The highest BCUT2D eigenvalue weighted by Gasteiger charge is 2.34. The van der Waals surface area contributed by atoms with E-state index in [0.717, 1.165) is 31.1 Å². The molecule has 0 N–H and O–H groups in total. The lowest BCUT2D eigenvalue weighted by molar-refractivity contribution is 0.112. The average molecular weight is 279 g/mol. The minimum atomic E-state index is 0.634. The zero-order chi connectivity index (χ0) is 13.4. The van der Waals surface area contributed by atoms with Crippen molar-refractivity contribution in [1.82, 2.24) is 4.90 Å². The lowest BCUT2D eigenvalue weighted by atomic mass is 10.1. The second kappa shape index (κ2) is 5.14. The monoisotopic (exact) mass is 278 g/mol. The van der Waals surface area contributed by atoms with Gasteiger partial charge in [0.2, 0.25) is 0 Å². The Kier molecular flexibility index (Phi) is 3.50. The third-order valence-corrected chi connectivity index (χ3v) is 4.90. The topological polar surface area (TPSA) is 23.6 Å². The van der Waals surface area contributed by atoms with E-state index in [1.807, 2.05) is 12.1 Å². The first-order valence-corrected chi connectivity index (χ1v) is 7.28. The molecule has 2 saturated heterocycles. The number of carbonyl (C=O) groups is 1. The molecule has 0 amide bonds. The Labute approximate surface area is 119 Å². The number of carbonyl (C=O) groups excluding carboxylic acids is 1. The van der Waals surface area contributed by atoms with Crippen molar-refractivity contribution in [1.29, 1.82) is 0 Å². The molecule has 2 bridgehead atoms. The van der Waals surface area contributed by atoms with Crippen LogP contribution in [0, 0.1) is 0 Å². The van der Waals surface area contributed by atoms with E-state index in [-0.39, 0.29) is 0 Å². The molecule has 4 heteroatoms. The molecule has 2 atom stereocenters. The summed E-state index contributed by atoms with van der Waals surface area (Å²) in [6.45, 7) is 2.08. The van der Waals surface area contributed by atoms with Gasteiger partial charge in [0.05, 0.1) is 10.7 Å². The van der Waals surface area contributed by atoms with Crippen LogP contribution in [0.1, 0.15) is 29.6 Å². The van der Waals surface area contributed by atoms with Gasteiger partial charge in [0, 0.05) is 30.7 Å². The van der Waals surface area contributed by atoms with E-state index in [2.05, 4.69) is 16.8 Å². The summed E-state index contributed by atoms with van der Waals surface area (Å²) in [6.07, 6.45) is 4.64. The number of halogens is 1. The summed E-state index contributed by atoms with van der Waals surface area (Å²) in [4.78, 5) is 15.7. The normalized spacial score (nSPS) is 27.4. The van der Waals surface area contributed by atoms with Crippen LogP contribution in [0.2, 0.25) is 5.02 Å². The van der Waals surface area contributed by atoms with Crippen LogP contribution >= 0.6 is 11.6 Å². The molecule has 2 fully saturated rings. The third kappa shape index (κ3) is 2.37. The molecular formula is C15H19ClN2O. The largest absolute Gasteiger partial charge is 0.369 e. The van der Waals surface area contributed by atoms with E-state index in [4.69, 9.17) is 11.6 Å². The van der Waals surface area contributed by atoms with E-state index in [0.29, 0.717) is 16.6 Å². The minimum Gasteiger partial charge on any atom is -0.369 e. The number of benzene rings is 1. The fourth-order valence-electron chi connectivity index (χ4n) is 3.38. The van der Waals surface area contributed by atoms with Crippen LogP contribution < -0.4 is 4.90 Å². The fraction of sp³-hybridized carbons (Fsp3) is 0.533. The van der Waals surface area contributed by atoms with Gasteiger partial charge in [0.1, 0.15) is 6.29 Å².